The lowest BCUT2D eigenvalue weighted by Crippen LogP contribution is -2.53. The minimum Gasteiger partial charge on any atom is -0.300 e. The molecule has 1 nitrogen and oxygen atoms in total. The first-order valence-electron chi connectivity index (χ1n) is 12.5. The first kappa shape index (κ1) is 20.7. The normalized spacial score (nSPS) is 48.0. The van der Waals surface area contributed by atoms with E-state index in [9.17, 15) is 4.79 Å². The van der Waals surface area contributed by atoms with Crippen LogP contribution in [0.15, 0.2) is 12.2 Å². The van der Waals surface area contributed by atoms with E-state index >= 15 is 0 Å². The third-order valence-electron chi connectivity index (χ3n) is 10.6. The van der Waals surface area contributed by atoms with Crippen molar-refractivity contribution >= 4 is 5.78 Å². The van der Waals surface area contributed by atoms with E-state index in [2.05, 4.69) is 46.8 Å². The van der Waals surface area contributed by atoms with Crippen molar-refractivity contribution in [1.82, 2.24) is 0 Å². The summed E-state index contributed by atoms with van der Waals surface area (Å²) in [6.45, 7) is 12.4. The Bertz CT molecular complexity index is 620. The van der Waals surface area contributed by atoms with Crippen LogP contribution in [0.5, 0.6) is 0 Å². The number of hydrogen-bond acceptors (Lipinski definition) is 1. The van der Waals surface area contributed by atoms with Crippen LogP contribution < -0.4 is 0 Å². The Kier molecular flexibility index (Phi) is 5.60. The number of carbonyl (C=O) groups is 1. The smallest absolute Gasteiger partial charge is 0.133 e. The molecule has 0 radical (unpaired) electrons. The summed E-state index contributed by atoms with van der Waals surface area (Å²) in [7, 11) is 0. The van der Waals surface area contributed by atoms with Crippen LogP contribution in [0.1, 0.15) is 98.8 Å². The van der Waals surface area contributed by atoms with Gasteiger partial charge in [0.05, 0.1) is 0 Å². The van der Waals surface area contributed by atoms with Crippen LogP contribution in [0.4, 0.5) is 0 Å². The van der Waals surface area contributed by atoms with Gasteiger partial charge in [0.25, 0.3) is 0 Å². The van der Waals surface area contributed by atoms with E-state index in [0.29, 0.717) is 28.4 Å². The largest absolute Gasteiger partial charge is 0.300 e. The second kappa shape index (κ2) is 7.59. The van der Waals surface area contributed by atoms with Crippen molar-refractivity contribution < 1.29 is 4.79 Å². The fourth-order valence-electron chi connectivity index (χ4n) is 8.58. The van der Waals surface area contributed by atoms with Crippen LogP contribution in [0.25, 0.3) is 0 Å². The van der Waals surface area contributed by atoms with E-state index in [-0.39, 0.29) is 0 Å². The molecule has 0 unspecified atom stereocenters. The lowest BCUT2D eigenvalue weighted by molar-refractivity contribution is -0.140. The van der Waals surface area contributed by atoms with Gasteiger partial charge in [-0.2, -0.15) is 0 Å². The molecule has 9 atom stereocenters. The molecular formula is C27H44O. The van der Waals surface area contributed by atoms with Crippen LogP contribution in [-0.2, 0) is 4.79 Å². The molecule has 1 heteroatoms. The predicted molar refractivity (Wildman–Crippen MR) is 118 cm³/mol. The van der Waals surface area contributed by atoms with E-state index in [1.54, 1.807) is 0 Å². The highest BCUT2D eigenvalue weighted by Gasteiger charge is 2.60. The quantitative estimate of drug-likeness (QED) is 0.460. The lowest BCUT2D eigenvalue weighted by atomic mass is 9.44. The van der Waals surface area contributed by atoms with E-state index in [0.717, 1.165) is 42.4 Å². The van der Waals surface area contributed by atoms with Gasteiger partial charge in [0.2, 0.25) is 0 Å². The average molecular weight is 385 g/mol. The molecule has 4 rings (SSSR count). The number of Topliss-reactive ketones (excluding diaryl/α,β-unsaturated/α-hetero) is 1. The number of carbonyl (C=O) groups excluding carboxylic acids is 1. The van der Waals surface area contributed by atoms with Crippen molar-refractivity contribution in [3.8, 4) is 0 Å². The van der Waals surface area contributed by atoms with Crippen molar-refractivity contribution in [2.24, 2.45) is 52.3 Å². The fourth-order valence-corrected chi connectivity index (χ4v) is 8.58. The van der Waals surface area contributed by atoms with E-state index in [4.69, 9.17) is 0 Å². The molecule has 4 saturated carbocycles. The molecule has 0 aromatic rings. The highest BCUT2D eigenvalue weighted by molar-refractivity contribution is 5.79. The van der Waals surface area contributed by atoms with Crippen molar-refractivity contribution in [2.45, 2.75) is 98.8 Å². The number of rotatable bonds is 4. The number of allylic oxidation sites excluding steroid dienone is 2. The van der Waals surface area contributed by atoms with Crippen LogP contribution >= 0.6 is 0 Å². The SMILES string of the molecule is CC[C@H](C)/C=C/[C@H](C)[C@H]1CC[C@H]2[C@@H]3CC[C@H]4CC(=O)CC[C@]4(C)[C@H]3CC[C@]12C. The second-order valence-electron chi connectivity index (χ2n) is 11.8. The second-order valence-corrected chi connectivity index (χ2v) is 11.8. The Morgan fingerprint density at radius 2 is 1.71 bits per heavy atom. The summed E-state index contributed by atoms with van der Waals surface area (Å²) in [6.07, 6.45) is 17.7. The van der Waals surface area contributed by atoms with E-state index in [1.165, 1.54) is 51.4 Å². The zero-order valence-electron chi connectivity index (χ0n) is 19.2. The maximum Gasteiger partial charge on any atom is 0.133 e. The summed E-state index contributed by atoms with van der Waals surface area (Å²) in [5.41, 5.74) is 1.01. The first-order valence-corrected chi connectivity index (χ1v) is 12.5. The minimum atomic E-state index is 0.457. The molecule has 0 amide bonds. The van der Waals surface area contributed by atoms with E-state index in [1.807, 2.05) is 0 Å². The summed E-state index contributed by atoms with van der Waals surface area (Å²) in [6, 6.07) is 0. The predicted octanol–water partition coefficient (Wildman–Crippen LogP) is 7.45. The molecule has 0 heterocycles. The molecule has 4 fully saturated rings. The van der Waals surface area contributed by atoms with Crippen molar-refractivity contribution in [3.05, 3.63) is 12.2 Å². The standard InChI is InChI=1S/C27H44O/c1-6-18(2)7-8-19(3)23-11-12-24-22-10-9-20-17-21(28)13-15-26(20,4)25(22)14-16-27(23,24)5/h7-8,18-20,22-25H,6,9-17H2,1-5H3/b8-7+/t18-,19-,20-,22-,23+,24-,25-,26-,27+/m0/s1. The zero-order valence-corrected chi connectivity index (χ0v) is 19.2. The third kappa shape index (κ3) is 3.24. The van der Waals surface area contributed by atoms with Crippen LogP contribution in [0.3, 0.4) is 0 Å². The van der Waals surface area contributed by atoms with Gasteiger partial charge in [0, 0.05) is 12.8 Å². The van der Waals surface area contributed by atoms with Crippen molar-refractivity contribution in [2.75, 3.05) is 0 Å². The van der Waals surface area contributed by atoms with Gasteiger partial charge < -0.3 is 0 Å². The Hall–Kier alpha value is -0.590. The molecule has 0 bridgehead atoms. The minimum absolute atomic E-state index is 0.457. The monoisotopic (exact) mass is 384 g/mol. The maximum atomic E-state index is 12.1. The van der Waals surface area contributed by atoms with Crippen molar-refractivity contribution in [1.29, 1.82) is 0 Å². The molecule has 28 heavy (non-hydrogen) atoms. The molecule has 0 aliphatic heterocycles. The Morgan fingerprint density at radius 3 is 2.46 bits per heavy atom. The van der Waals surface area contributed by atoms with Gasteiger partial charge >= 0.3 is 0 Å². The summed E-state index contributed by atoms with van der Waals surface area (Å²) >= 11 is 0. The van der Waals surface area contributed by atoms with Crippen LogP contribution in [-0.4, -0.2) is 5.78 Å². The molecule has 4 aliphatic carbocycles. The zero-order chi connectivity index (χ0) is 20.1. The summed E-state index contributed by atoms with van der Waals surface area (Å²) < 4.78 is 0. The molecular weight excluding hydrogens is 340 g/mol. The molecule has 158 valence electrons. The van der Waals surface area contributed by atoms with E-state index < -0.39 is 0 Å². The van der Waals surface area contributed by atoms with Gasteiger partial charge in [-0.05, 0) is 97.2 Å². The topological polar surface area (TPSA) is 17.1 Å². The molecule has 0 spiro atoms. The highest BCUT2D eigenvalue weighted by atomic mass is 16.1. The van der Waals surface area contributed by atoms with Gasteiger partial charge in [-0.25, -0.2) is 0 Å². The highest BCUT2D eigenvalue weighted by Crippen LogP contribution is 2.68. The Labute approximate surface area is 174 Å². The Morgan fingerprint density at radius 1 is 0.964 bits per heavy atom. The lowest BCUT2D eigenvalue weighted by Gasteiger charge is -2.60. The average Bonchev–Trinajstić information content (AvgIpc) is 3.03. The van der Waals surface area contributed by atoms with Crippen LogP contribution in [0.2, 0.25) is 0 Å². The summed E-state index contributed by atoms with van der Waals surface area (Å²) in [5.74, 6) is 6.31. The summed E-state index contributed by atoms with van der Waals surface area (Å²) in [5, 5.41) is 0. The third-order valence-corrected chi connectivity index (χ3v) is 10.6. The molecule has 0 saturated heterocycles. The fraction of sp³-hybridized carbons (Fsp3) is 0.889. The number of ketones is 1. The summed E-state index contributed by atoms with van der Waals surface area (Å²) in [4.78, 5) is 12.1. The number of fused-ring (bicyclic) bond motifs is 5. The van der Waals surface area contributed by atoms with Crippen molar-refractivity contribution in [3.63, 3.8) is 0 Å². The Balaban J connectivity index is 1.52. The number of hydrogen-bond donors (Lipinski definition) is 0. The van der Waals surface area contributed by atoms with Crippen LogP contribution in [0, 0.1) is 52.3 Å². The maximum absolute atomic E-state index is 12.1. The molecule has 0 aromatic heterocycles. The molecule has 4 aliphatic rings. The van der Waals surface area contributed by atoms with Gasteiger partial charge in [0.15, 0.2) is 0 Å². The van der Waals surface area contributed by atoms with Gasteiger partial charge in [-0.3, -0.25) is 4.79 Å². The molecule has 0 N–H and O–H groups in total. The molecule has 0 aromatic carbocycles. The van der Waals surface area contributed by atoms with Gasteiger partial charge in [-0.15, -0.1) is 0 Å². The first-order chi connectivity index (χ1) is 13.3. The van der Waals surface area contributed by atoms with Gasteiger partial charge in [0.1, 0.15) is 5.78 Å². The van der Waals surface area contributed by atoms with Gasteiger partial charge in [-0.1, -0.05) is 53.2 Å².